The number of ether oxygens (including phenoxy) is 1. The van der Waals surface area contributed by atoms with Crippen LogP contribution in [-0.4, -0.2) is 33.6 Å². The van der Waals surface area contributed by atoms with E-state index in [0.29, 0.717) is 29.1 Å². The van der Waals surface area contributed by atoms with E-state index in [1.54, 1.807) is 42.3 Å². The molecule has 0 bridgehead atoms. The molecule has 6 rings (SSSR count). The summed E-state index contributed by atoms with van der Waals surface area (Å²) in [7, 11) is 1.76. The molecule has 0 saturated heterocycles. The van der Waals surface area contributed by atoms with Crippen LogP contribution < -0.4 is 9.64 Å². The molecular formula is C38H38FN3O4. The van der Waals surface area contributed by atoms with Crippen LogP contribution in [0.1, 0.15) is 73.0 Å². The van der Waals surface area contributed by atoms with Crippen molar-refractivity contribution in [2.75, 3.05) is 11.9 Å². The molecule has 0 aliphatic heterocycles. The van der Waals surface area contributed by atoms with E-state index in [4.69, 9.17) is 9.72 Å². The molecular weight excluding hydrogens is 581 g/mol. The van der Waals surface area contributed by atoms with Crippen molar-refractivity contribution in [1.29, 1.82) is 0 Å². The number of anilines is 1. The molecule has 1 saturated carbocycles. The lowest BCUT2D eigenvalue weighted by Crippen LogP contribution is -2.25. The second-order valence-corrected chi connectivity index (χ2v) is 12.1. The normalized spacial score (nSPS) is 13.6. The Labute approximate surface area is 268 Å². The van der Waals surface area contributed by atoms with Gasteiger partial charge in [0.1, 0.15) is 24.0 Å². The first kappa shape index (κ1) is 31.0. The number of benzene rings is 4. The van der Waals surface area contributed by atoms with E-state index < -0.39 is 11.8 Å². The summed E-state index contributed by atoms with van der Waals surface area (Å²) in [6.45, 7) is 4.04. The predicted octanol–water partition coefficient (Wildman–Crippen LogP) is 8.97. The van der Waals surface area contributed by atoms with Gasteiger partial charge < -0.3 is 19.3 Å². The molecule has 46 heavy (non-hydrogen) atoms. The van der Waals surface area contributed by atoms with E-state index in [0.717, 1.165) is 59.1 Å². The molecule has 1 fully saturated rings. The number of halogens is 1. The van der Waals surface area contributed by atoms with Gasteiger partial charge in [-0.05, 0) is 78.9 Å². The van der Waals surface area contributed by atoms with Gasteiger partial charge in [0.2, 0.25) is 5.91 Å². The Kier molecular flexibility index (Phi) is 8.88. The molecule has 0 spiro atoms. The van der Waals surface area contributed by atoms with E-state index in [-0.39, 0.29) is 24.1 Å². The van der Waals surface area contributed by atoms with E-state index in [2.05, 4.69) is 28.8 Å². The smallest absolute Gasteiger partial charge is 0.335 e. The van der Waals surface area contributed by atoms with Crippen LogP contribution in [0.25, 0.3) is 33.5 Å². The Hall–Kier alpha value is -4.98. The fourth-order valence-electron chi connectivity index (χ4n) is 6.36. The summed E-state index contributed by atoms with van der Waals surface area (Å²) in [6, 6.07) is 24.0. The van der Waals surface area contributed by atoms with Crippen molar-refractivity contribution in [3.63, 3.8) is 0 Å². The van der Waals surface area contributed by atoms with Crippen LogP contribution in [0.3, 0.4) is 0 Å². The van der Waals surface area contributed by atoms with Crippen molar-refractivity contribution < 1.29 is 23.8 Å². The first-order valence-corrected chi connectivity index (χ1v) is 15.9. The van der Waals surface area contributed by atoms with Gasteiger partial charge in [-0.15, -0.1) is 0 Å². The van der Waals surface area contributed by atoms with Crippen molar-refractivity contribution in [2.45, 2.75) is 65.0 Å². The van der Waals surface area contributed by atoms with Crippen molar-refractivity contribution in [2.24, 2.45) is 0 Å². The van der Waals surface area contributed by atoms with Crippen LogP contribution in [-0.2, 0) is 11.4 Å². The number of amides is 1. The molecule has 0 unspecified atom stereocenters. The number of carboxylic acids is 1. The number of carbonyl (C=O) groups excluding carboxylic acids is 1. The molecule has 5 aromatic rings. The van der Waals surface area contributed by atoms with Gasteiger partial charge in [-0.3, -0.25) is 4.79 Å². The number of aromatic nitrogens is 2. The molecule has 1 amide bonds. The van der Waals surface area contributed by atoms with Crippen molar-refractivity contribution in [3.8, 4) is 28.3 Å². The number of nitrogens with zero attached hydrogens (tertiary/aromatic N) is 3. The molecule has 1 N–H and O–H groups in total. The molecule has 1 heterocycles. The number of hydrogen-bond acceptors (Lipinski definition) is 4. The van der Waals surface area contributed by atoms with Crippen LogP contribution in [0.15, 0.2) is 78.9 Å². The lowest BCUT2D eigenvalue weighted by Gasteiger charge is -2.25. The van der Waals surface area contributed by atoms with Crippen molar-refractivity contribution in [3.05, 3.63) is 101 Å². The number of aromatic carboxylic acids is 1. The van der Waals surface area contributed by atoms with Crippen LogP contribution in [0, 0.1) is 12.7 Å². The molecule has 7 nitrogen and oxygen atoms in total. The van der Waals surface area contributed by atoms with Gasteiger partial charge >= 0.3 is 5.97 Å². The van der Waals surface area contributed by atoms with Crippen LogP contribution in [0.4, 0.5) is 10.1 Å². The van der Waals surface area contributed by atoms with Gasteiger partial charge in [-0.1, -0.05) is 62.1 Å². The highest BCUT2D eigenvalue weighted by atomic mass is 19.1. The van der Waals surface area contributed by atoms with Crippen LogP contribution in [0.2, 0.25) is 0 Å². The van der Waals surface area contributed by atoms with Gasteiger partial charge in [0.05, 0.1) is 22.2 Å². The fraction of sp³-hybridized carbons (Fsp3) is 0.289. The first-order chi connectivity index (χ1) is 22.2. The zero-order chi connectivity index (χ0) is 32.4. The van der Waals surface area contributed by atoms with Crippen molar-refractivity contribution >= 4 is 28.6 Å². The number of carboxylic acid groups (broad SMARTS) is 1. The fourth-order valence-corrected chi connectivity index (χ4v) is 6.36. The summed E-state index contributed by atoms with van der Waals surface area (Å²) in [4.78, 5) is 30.5. The molecule has 0 radical (unpaired) electrons. The van der Waals surface area contributed by atoms with Gasteiger partial charge in [0.25, 0.3) is 0 Å². The van der Waals surface area contributed by atoms with Crippen LogP contribution in [0.5, 0.6) is 5.75 Å². The standard InChI is InChI=1S/C38H38FN3O4/c1-4-36(43)41(3)29-15-17-31(25-12-10-24(2)11-13-25)27(20-29)23-46-30-16-18-32(33(39)22-30)37-40-34-21-26(38(44)45)14-19-35(34)42(37)28-8-6-5-7-9-28/h10-22,28H,4-9,23H2,1-3H3,(H,44,45). The minimum Gasteiger partial charge on any atom is -0.489 e. The minimum absolute atomic E-state index is 0.00560. The number of carbonyl (C=O) groups is 2. The zero-order valence-corrected chi connectivity index (χ0v) is 26.4. The maximum atomic E-state index is 16.0. The summed E-state index contributed by atoms with van der Waals surface area (Å²) >= 11 is 0. The average molecular weight is 620 g/mol. The summed E-state index contributed by atoms with van der Waals surface area (Å²) in [5.74, 6) is -0.627. The maximum Gasteiger partial charge on any atom is 0.335 e. The Morgan fingerprint density at radius 1 is 0.957 bits per heavy atom. The van der Waals surface area contributed by atoms with Gasteiger partial charge in [0, 0.05) is 31.3 Å². The minimum atomic E-state index is -1.02. The number of fused-ring (bicyclic) bond motifs is 1. The number of aryl methyl sites for hydroxylation is 1. The summed E-state index contributed by atoms with van der Waals surface area (Å²) in [5, 5.41) is 9.54. The second kappa shape index (κ2) is 13.2. The topological polar surface area (TPSA) is 84.7 Å². The van der Waals surface area contributed by atoms with Gasteiger partial charge in [-0.2, -0.15) is 0 Å². The summed E-state index contributed by atoms with van der Waals surface area (Å²) in [5.41, 5.74) is 6.61. The number of imidazole rings is 1. The molecule has 8 heteroatoms. The lowest BCUT2D eigenvalue weighted by atomic mass is 9.94. The highest BCUT2D eigenvalue weighted by Gasteiger charge is 2.25. The Balaban J connectivity index is 1.33. The quantitative estimate of drug-likeness (QED) is 0.178. The van der Waals surface area contributed by atoms with Crippen molar-refractivity contribution in [1.82, 2.24) is 9.55 Å². The number of rotatable bonds is 9. The summed E-state index contributed by atoms with van der Waals surface area (Å²) in [6.07, 6.45) is 5.65. The molecule has 1 aromatic heterocycles. The van der Waals surface area contributed by atoms with E-state index in [1.165, 1.54) is 12.5 Å². The third-order valence-electron chi connectivity index (χ3n) is 8.97. The highest BCUT2D eigenvalue weighted by Crippen LogP contribution is 2.38. The first-order valence-electron chi connectivity index (χ1n) is 15.9. The number of hydrogen-bond donors (Lipinski definition) is 1. The molecule has 1 aliphatic carbocycles. The van der Waals surface area contributed by atoms with Gasteiger partial charge in [0.15, 0.2) is 0 Å². The molecule has 4 aromatic carbocycles. The molecule has 0 atom stereocenters. The Bertz CT molecular complexity index is 1910. The Morgan fingerprint density at radius 2 is 1.70 bits per heavy atom. The predicted molar refractivity (Wildman–Crippen MR) is 179 cm³/mol. The van der Waals surface area contributed by atoms with E-state index >= 15 is 4.39 Å². The SMILES string of the molecule is CCC(=O)N(C)c1ccc(-c2ccc(C)cc2)c(COc2ccc(-c3nc4cc(C(=O)O)ccc4n3C3CCCCC3)c(F)c2)c1. The third-order valence-corrected chi connectivity index (χ3v) is 8.97. The molecule has 236 valence electrons. The van der Waals surface area contributed by atoms with Crippen LogP contribution >= 0.6 is 0 Å². The maximum absolute atomic E-state index is 16.0. The second-order valence-electron chi connectivity index (χ2n) is 12.1. The van der Waals surface area contributed by atoms with E-state index in [1.807, 2.05) is 32.0 Å². The monoisotopic (exact) mass is 619 g/mol. The Morgan fingerprint density at radius 3 is 2.39 bits per heavy atom. The van der Waals surface area contributed by atoms with Gasteiger partial charge in [-0.25, -0.2) is 14.2 Å². The summed E-state index contributed by atoms with van der Waals surface area (Å²) < 4.78 is 24.2. The average Bonchev–Trinajstić information content (AvgIpc) is 3.46. The lowest BCUT2D eigenvalue weighted by molar-refractivity contribution is -0.118. The third kappa shape index (κ3) is 6.25. The van der Waals surface area contributed by atoms with E-state index in [9.17, 15) is 14.7 Å². The zero-order valence-electron chi connectivity index (χ0n) is 26.4. The largest absolute Gasteiger partial charge is 0.489 e. The highest BCUT2D eigenvalue weighted by molar-refractivity contribution is 5.94. The molecule has 1 aliphatic rings.